The van der Waals surface area contributed by atoms with Crippen LogP contribution in [0.2, 0.25) is 0 Å². The summed E-state index contributed by atoms with van der Waals surface area (Å²) in [6.45, 7) is 2.03. The number of carbonyl (C=O) groups is 1. The number of hydrazine groups is 1. The average molecular weight is 399 g/mol. The highest BCUT2D eigenvalue weighted by Gasteiger charge is 2.63. The molecule has 1 aliphatic heterocycles. The molecule has 0 amide bonds. The van der Waals surface area contributed by atoms with Crippen molar-refractivity contribution in [2.75, 3.05) is 7.05 Å². The molecule has 1 saturated carbocycles. The van der Waals surface area contributed by atoms with Crippen LogP contribution in [0, 0.1) is 35.0 Å². The van der Waals surface area contributed by atoms with Gasteiger partial charge in [-0.05, 0) is 35.6 Å². The minimum atomic E-state index is -0.328. The molecule has 5 rings (SSSR count). The molecular weight excluding hydrogens is 372 g/mol. The number of aromatic nitrogens is 1. The summed E-state index contributed by atoms with van der Waals surface area (Å²) in [6, 6.07) is 17.2. The smallest absolute Gasteiger partial charge is 0.158 e. The first kappa shape index (κ1) is 19.2. The molecule has 0 spiro atoms. The number of rotatable bonds is 2. The van der Waals surface area contributed by atoms with E-state index < -0.39 is 0 Å². The van der Waals surface area contributed by atoms with E-state index in [1.807, 2.05) is 25.3 Å². The molecule has 0 bridgehead atoms. The number of nitrogens with one attached hydrogen (secondary N) is 1. The number of carbonyl (C=O) groups excluding carboxylic acids is 1. The summed E-state index contributed by atoms with van der Waals surface area (Å²) in [5, 5.41) is 12.4. The second kappa shape index (κ2) is 7.16. The Morgan fingerprint density at radius 2 is 2.03 bits per heavy atom. The third-order valence-corrected chi connectivity index (χ3v) is 7.64. The molecule has 1 aromatic heterocycles. The molecular formula is C25H26N4O. The van der Waals surface area contributed by atoms with Crippen molar-refractivity contribution < 1.29 is 4.79 Å². The molecule has 2 aliphatic carbocycles. The molecule has 2 aromatic rings. The number of hydrogen-bond acceptors (Lipinski definition) is 5. The molecule has 1 saturated heterocycles. The van der Waals surface area contributed by atoms with E-state index in [1.54, 1.807) is 12.3 Å². The largest absolute Gasteiger partial charge is 0.295 e. The van der Waals surface area contributed by atoms with Gasteiger partial charge in [-0.25, -0.2) is 10.4 Å². The van der Waals surface area contributed by atoms with E-state index in [0.29, 0.717) is 0 Å². The number of fused-ring (bicyclic) bond motifs is 3. The van der Waals surface area contributed by atoms with E-state index in [4.69, 9.17) is 0 Å². The first-order chi connectivity index (χ1) is 14.6. The Morgan fingerprint density at radius 3 is 2.73 bits per heavy atom. The Kier molecular flexibility index (Phi) is 4.57. The third kappa shape index (κ3) is 2.61. The summed E-state index contributed by atoms with van der Waals surface area (Å²) in [7, 11) is 2.07. The lowest BCUT2D eigenvalue weighted by Crippen LogP contribution is -2.61. The van der Waals surface area contributed by atoms with Crippen LogP contribution in [-0.2, 0) is 10.2 Å². The zero-order valence-electron chi connectivity index (χ0n) is 17.3. The predicted octanol–water partition coefficient (Wildman–Crippen LogP) is 3.43. The number of nitriles is 1. The fourth-order valence-electron chi connectivity index (χ4n) is 6.38. The molecule has 152 valence electrons. The summed E-state index contributed by atoms with van der Waals surface area (Å²) >= 11 is 0. The van der Waals surface area contributed by atoms with Gasteiger partial charge in [-0.2, -0.15) is 5.26 Å². The fourth-order valence-corrected chi connectivity index (χ4v) is 6.38. The number of hydrogen-bond donors (Lipinski definition) is 1. The zero-order valence-corrected chi connectivity index (χ0v) is 17.3. The molecule has 0 radical (unpaired) electrons. The van der Waals surface area contributed by atoms with Gasteiger partial charge in [0.2, 0.25) is 0 Å². The van der Waals surface area contributed by atoms with Gasteiger partial charge in [-0.3, -0.25) is 9.78 Å². The highest BCUT2D eigenvalue weighted by Crippen LogP contribution is 2.59. The normalized spacial score (nSPS) is 38.0. The van der Waals surface area contributed by atoms with Gasteiger partial charge in [0.1, 0.15) is 0 Å². The van der Waals surface area contributed by atoms with E-state index in [-0.39, 0.29) is 47.0 Å². The van der Waals surface area contributed by atoms with Crippen molar-refractivity contribution >= 4 is 5.78 Å². The number of benzene rings is 1. The van der Waals surface area contributed by atoms with Crippen molar-refractivity contribution in [1.29, 1.82) is 5.26 Å². The van der Waals surface area contributed by atoms with Crippen molar-refractivity contribution in [3.05, 3.63) is 78.1 Å². The van der Waals surface area contributed by atoms with E-state index >= 15 is 0 Å². The zero-order chi connectivity index (χ0) is 20.9. The maximum absolute atomic E-state index is 12.7. The number of ketones is 1. The van der Waals surface area contributed by atoms with E-state index in [2.05, 4.69) is 64.9 Å². The second-order valence-electron chi connectivity index (χ2n) is 8.93. The maximum Gasteiger partial charge on any atom is 0.158 e. The Bertz CT molecular complexity index is 1010. The molecule has 30 heavy (non-hydrogen) atoms. The van der Waals surface area contributed by atoms with Crippen LogP contribution < -0.4 is 5.43 Å². The predicted molar refractivity (Wildman–Crippen MR) is 114 cm³/mol. The summed E-state index contributed by atoms with van der Waals surface area (Å²) in [5.74, 6) is 0.0871. The molecule has 2 fully saturated rings. The van der Waals surface area contributed by atoms with Crippen LogP contribution in [0.4, 0.5) is 0 Å². The highest BCUT2D eigenvalue weighted by atomic mass is 16.1. The van der Waals surface area contributed by atoms with Gasteiger partial charge in [0.25, 0.3) is 0 Å². The Morgan fingerprint density at radius 1 is 1.23 bits per heavy atom. The molecule has 4 unspecified atom stereocenters. The van der Waals surface area contributed by atoms with Gasteiger partial charge in [0, 0.05) is 42.7 Å². The van der Waals surface area contributed by atoms with Gasteiger partial charge in [0.05, 0.1) is 18.0 Å². The Labute approximate surface area is 177 Å². The minimum Gasteiger partial charge on any atom is -0.295 e. The Balaban J connectivity index is 1.72. The Hall–Kier alpha value is -2.81. The van der Waals surface area contributed by atoms with Crippen molar-refractivity contribution in [3.8, 4) is 6.07 Å². The number of nitrogens with zero attached hydrogens (tertiary/aromatic N) is 3. The van der Waals surface area contributed by atoms with Crippen LogP contribution in [0.25, 0.3) is 0 Å². The first-order valence-corrected chi connectivity index (χ1v) is 10.6. The summed E-state index contributed by atoms with van der Waals surface area (Å²) in [5.41, 5.74) is 5.64. The van der Waals surface area contributed by atoms with Crippen molar-refractivity contribution in [1.82, 2.24) is 15.4 Å². The SMILES string of the molecule is C[C@@H]1C(=O)C=C[C@@]2(c3ccccc3)C3C(C(C#N)C[C@@H]12)C(c1cccnc1)NN3C. The molecule has 3 aliphatic rings. The lowest BCUT2D eigenvalue weighted by Gasteiger charge is -2.55. The van der Waals surface area contributed by atoms with Crippen LogP contribution in [0.5, 0.6) is 0 Å². The van der Waals surface area contributed by atoms with Crippen LogP contribution in [0.3, 0.4) is 0 Å². The minimum absolute atomic E-state index is 0.0150. The fraction of sp³-hybridized carbons (Fsp3) is 0.400. The second-order valence-corrected chi connectivity index (χ2v) is 8.93. The van der Waals surface area contributed by atoms with Crippen LogP contribution in [0.15, 0.2) is 67.0 Å². The topological polar surface area (TPSA) is 69.0 Å². The number of allylic oxidation sites excluding steroid dienone is 1. The van der Waals surface area contributed by atoms with Crippen LogP contribution in [0.1, 0.15) is 30.5 Å². The van der Waals surface area contributed by atoms with Gasteiger partial charge in [0.15, 0.2) is 5.78 Å². The molecule has 7 atom stereocenters. The van der Waals surface area contributed by atoms with Gasteiger partial charge < -0.3 is 0 Å². The highest BCUT2D eigenvalue weighted by molar-refractivity contribution is 5.93. The van der Waals surface area contributed by atoms with E-state index in [9.17, 15) is 10.1 Å². The first-order valence-electron chi connectivity index (χ1n) is 10.6. The van der Waals surface area contributed by atoms with Crippen LogP contribution >= 0.6 is 0 Å². The monoisotopic (exact) mass is 398 g/mol. The van der Waals surface area contributed by atoms with Gasteiger partial charge in [-0.15, -0.1) is 0 Å². The standard InChI is InChI=1S/C25H26N4O/c1-16-20-13-18(14-26)22-23(17-7-6-12-27-15-17)28-29(2)24(22)25(20,11-10-21(16)30)19-8-4-3-5-9-19/h3-12,15-16,18,20,22-24,28H,13H2,1-2H3/t16-,18?,20-,22?,23?,24?,25-/m0/s1. The maximum atomic E-state index is 12.7. The average Bonchev–Trinajstić information content (AvgIpc) is 3.15. The lowest BCUT2D eigenvalue weighted by molar-refractivity contribution is -0.123. The molecule has 2 heterocycles. The van der Waals surface area contributed by atoms with Crippen LogP contribution in [-0.4, -0.2) is 28.9 Å². The van der Waals surface area contributed by atoms with Crippen molar-refractivity contribution in [2.45, 2.75) is 30.8 Å². The van der Waals surface area contributed by atoms with Crippen molar-refractivity contribution in [3.63, 3.8) is 0 Å². The summed E-state index contributed by atoms with van der Waals surface area (Å²) in [4.78, 5) is 17.0. The summed E-state index contributed by atoms with van der Waals surface area (Å²) in [6.07, 6.45) is 8.32. The molecule has 1 aromatic carbocycles. The lowest BCUT2D eigenvalue weighted by atomic mass is 9.49. The molecule has 5 nitrogen and oxygen atoms in total. The number of pyridine rings is 1. The van der Waals surface area contributed by atoms with Crippen molar-refractivity contribution in [2.24, 2.45) is 23.7 Å². The van der Waals surface area contributed by atoms with E-state index in [1.165, 1.54) is 5.56 Å². The van der Waals surface area contributed by atoms with Gasteiger partial charge >= 0.3 is 0 Å². The van der Waals surface area contributed by atoms with E-state index in [0.717, 1.165) is 12.0 Å². The third-order valence-electron chi connectivity index (χ3n) is 7.64. The summed E-state index contributed by atoms with van der Waals surface area (Å²) < 4.78 is 0. The quantitative estimate of drug-likeness (QED) is 0.839. The number of likely N-dealkylation sites (N-methyl/N-ethyl adjacent to an activating group) is 1. The molecule has 5 heteroatoms. The molecule has 1 N–H and O–H groups in total. The van der Waals surface area contributed by atoms with Gasteiger partial charge in [-0.1, -0.05) is 49.4 Å².